The third kappa shape index (κ3) is 2.41. The first-order valence-electron chi connectivity index (χ1n) is 5.62. The minimum Gasteiger partial charge on any atom is -0.481 e. The lowest BCUT2D eigenvalue weighted by molar-refractivity contribution is -0.136. The molecule has 88 valence electrons. The van der Waals surface area contributed by atoms with Crippen molar-refractivity contribution in [1.29, 1.82) is 0 Å². The van der Waals surface area contributed by atoms with Crippen molar-refractivity contribution in [3.05, 3.63) is 17.7 Å². The number of aliphatic carboxylic acids is 1. The van der Waals surface area contributed by atoms with E-state index in [9.17, 15) is 4.79 Å². The Bertz CT molecular complexity index is 375. The highest BCUT2D eigenvalue weighted by Gasteiger charge is 2.22. The molecule has 1 aromatic heterocycles. The molecule has 2 heterocycles. The predicted molar refractivity (Wildman–Crippen MR) is 59.1 cm³/mol. The number of aromatic amines is 1. The van der Waals surface area contributed by atoms with Crippen molar-refractivity contribution >= 4 is 5.97 Å². The second-order valence-electron chi connectivity index (χ2n) is 4.35. The molecule has 0 radical (unpaired) electrons. The van der Waals surface area contributed by atoms with Crippen LogP contribution in [0.3, 0.4) is 0 Å². The van der Waals surface area contributed by atoms with Crippen LogP contribution in [0.5, 0.6) is 0 Å². The van der Waals surface area contributed by atoms with E-state index >= 15 is 0 Å². The van der Waals surface area contributed by atoms with Gasteiger partial charge in [-0.05, 0) is 26.4 Å². The molecule has 0 spiro atoms. The summed E-state index contributed by atoms with van der Waals surface area (Å²) < 4.78 is 0. The summed E-state index contributed by atoms with van der Waals surface area (Å²) in [7, 11) is 2.10. The van der Waals surface area contributed by atoms with E-state index in [1.54, 1.807) is 6.20 Å². The molecular formula is C11H17N3O2. The Hall–Kier alpha value is -1.36. The predicted octanol–water partition coefficient (Wildman–Crippen LogP) is 1.19. The van der Waals surface area contributed by atoms with Crippen LogP contribution in [-0.2, 0) is 11.2 Å². The van der Waals surface area contributed by atoms with Crippen LogP contribution in [0.2, 0.25) is 0 Å². The van der Waals surface area contributed by atoms with Crippen LogP contribution in [0.15, 0.2) is 6.20 Å². The number of hydrogen-bond acceptors (Lipinski definition) is 3. The number of nitrogens with zero attached hydrogens (tertiary/aromatic N) is 2. The zero-order chi connectivity index (χ0) is 11.5. The molecule has 0 aliphatic carbocycles. The Morgan fingerprint density at radius 1 is 1.69 bits per heavy atom. The Morgan fingerprint density at radius 2 is 2.50 bits per heavy atom. The summed E-state index contributed by atoms with van der Waals surface area (Å²) >= 11 is 0. The molecule has 5 nitrogen and oxygen atoms in total. The Labute approximate surface area is 94.5 Å². The number of imidazole rings is 1. The molecule has 2 rings (SSSR count). The van der Waals surface area contributed by atoms with Crippen molar-refractivity contribution in [2.24, 2.45) is 0 Å². The van der Waals surface area contributed by atoms with Gasteiger partial charge in [-0.25, -0.2) is 4.98 Å². The van der Waals surface area contributed by atoms with Crippen molar-refractivity contribution in [3.8, 4) is 0 Å². The zero-order valence-electron chi connectivity index (χ0n) is 9.44. The summed E-state index contributed by atoms with van der Waals surface area (Å²) in [6, 6.07) is 0.365. The maximum absolute atomic E-state index is 10.5. The van der Waals surface area contributed by atoms with E-state index in [2.05, 4.69) is 21.9 Å². The van der Waals surface area contributed by atoms with Gasteiger partial charge in [0.25, 0.3) is 0 Å². The molecule has 0 amide bonds. The van der Waals surface area contributed by atoms with Gasteiger partial charge < -0.3 is 10.1 Å². The van der Waals surface area contributed by atoms with E-state index < -0.39 is 5.97 Å². The van der Waals surface area contributed by atoms with Crippen molar-refractivity contribution in [2.75, 3.05) is 13.6 Å². The van der Waals surface area contributed by atoms with E-state index in [-0.39, 0.29) is 6.42 Å². The molecular weight excluding hydrogens is 206 g/mol. The number of carboxylic acid groups (broad SMARTS) is 1. The molecule has 0 bridgehead atoms. The van der Waals surface area contributed by atoms with Crippen LogP contribution in [0, 0.1) is 0 Å². The average Bonchev–Trinajstić information content (AvgIpc) is 2.66. The lowest BCUT2D eigenvalue weighted by Crippen LogP contribution is -2.29. The molecule has 16 heavy (non-hydrogen) atoms. The summed E-state index contributed by atoms with van der Waals surface area (Å²) in [5, 5.41) is 8.67. The molecule has 1 unspecified atom stereocenters. The molecule has 1 aliphatic heterocycles. The van der Waals surface area contributed by atoms with Gasteiger partial charge in [-0.3, -0.25) is 9.69 Å². The van der Waals surface area contributed by atoms with Crippen LogP contribution < -0.4 is 0 Å². The fourth-order valence-electron chi connectivity index (χ4n) is 2.25. The fraction of sp³-hybridized carbons (Fsp3) is 0.636. The number of H-pyrrole nitrogens is 1. The minimum atomic E-state index is -0.849. The average molecular weight is 223 g/mol. The van der Waals surface area contributed by atoms with Crippen LogP contribution in [-0.4, -0.2) is 39.5 Å². The molecule has 1 aromatic rings. The second-order valence-corrected chi connectivity index (χ2v) is 4.35. The summed E-state index contributed by atoms with van der Waals surface area (Å²) in [5.74, 6) is -0.306. The monoisotopic (exact) mass is 223 g/mol. The number of likely N-dealkylation sites (tertiary alicyclic amines) is 1. The lowest BCUT2D eigenvalue weighted by Gasteiger charge is -2.31. The number of piperidine rings is 1. The van der Waals surface area contributed by atoms with Gasteiger partial charge in [0, 0.05) is 6.20 Å². The van der Waals surface area contributed by atoms with Crippen LogP contribution in [0.25, 0.3) is 0 Å². The summed E-state index contributed by atoms with van der Waals surface area (Å²) in [5.41, 5.74) is 1.04. The van der Waals surface area contributed by atoms with Gasteiger partial charge >= 0.3 is 5.97 Å². The molecule has 2 N–H and O–H groups in total. The number of hydrogen-bond donors (Lipinski definition) is 2. The molecule has 1 fully saturated rings. The van der Waals surface area contributed by atoms with E-state index in [1.165, 1.54) is 12.8 Å². The van der Waals surface area contributed by atoms with Crippen LogP contribution in [0.4, 0.5) is 0 Å². The van der Waals surface area contributed by atoms with E-state index in [0.29, 0.717) is 11.9 Å². The summed E-state index contributed by atoms with van der Waals surface area (Å²) in [4.78, 5) is 20.1. The molecule has 1 saturated heterocycles. The first kappa shape index (κ1) is 11.1. The van der Waals surface area contributed by atoms with E-state index in [1.807, 2.05) is 0 Å². The topological polar surface area (TPSA) is 69.2 Å². The fourth-order valence-corrected chi connectivity index (χ4v) is 2.25. The van der Waals surface area contributed by atoms with Gasteiger partial charge in [0.2, 0.25) is 0 Å². The number of aromatic nitrogens is 2. The Kier molecular flexibility index (Phi) is 3.24. The second kappa shape index (κ2) is 4.65. The lowest BCUT2D eigenvalue weighted by atomic mass is 10.0. The molecule has 1 aliphatic rings. The quantitative estimate of drug-likeness (QED) is 0.807. The maximum Gasteiger partial charge on any atom is 0.311 e. The molecule has 0 aromatic carbocycles. The van der Waals surface area contributed by atoms with Crippen molar-refractivity contribution in [3.63, 3.8) is 0 Å². The number of nitrogens with one attached hydrogen (secondary N) is 1. The Balaban J connectivity index is 2.08. The molecule has 5 heteroatoms. The van der Waals surface area contributed by atoms with Crippen molar-refractivity contribution in [1.82, 2.24) is 14.9 Å². The smallest absolute Gasteiger partial charge is 0.311 e. The summed E-state index contributed by atoms with van der Waals surface area (Å²) in [6.07, 6.45) is 5.32. The van der Waals surface area contributed by atoms with E-state index in [0.717, 1.165) is 18.7 Å². The van der Waals surface area contributed by atoms with Crippen molar-refractivity contribution < 1.29 is 9.90 Å². The third-order valence-corrected chi connectivity index (χ3v) is 3.10. The number of carboxylic acids is 1. The van der Waals surface area contributed by atoms with Gasteiger partial charge in [0.05, 0.1) is 11.7 Å². The highest BCUT2D eigenvalue weighted by molar-refractivity contribution is 5.68. The SMILES string of the molecule is CN1CCCCC1c1cnc(CC(=O)O)[nH]1. The minimum absolute atomic E-state index is 0.0313. The highest BCUT2D eigenvalue weighted by atomic mass is 16.4. The maximum atomic E-state index is 10.5. The largest absolute Gasteiger partial charge is 0.481 e. The normalized spacial score (nSPS) is 22.2. The van der Waals surface area contributed by atoms with Gasteiger partial charge in [0.1, 0.15) is 12.2 Å². The standard InChI is InChI=1S/C11H17N3O2/c1-14-5-3-2-4-9(14)8-7-12-10(13-8)6-11(15)16/h7,9H,2-6H2,1H3,(H,12,13)(H,15,16). The third-order valence-electron chi connectivity index (χ3n) is 3.10. The van der Waals surface area contributed by atoms with Crippen molar-refractivity contribution in [2.45, 2.75) is 31.7 Å². The number of carbonyl (C=O) groups is 1. The van der Waals surface area contributed by atoms with Gasteiger partial charge in [-0.1, -0.05) is 6.42 Å². The van der Waals surface area contributed by atoms with Crippen LogP contribution in [0.1, 0.15) is 36.8 Å². The summed E-state index contributed by atoms with van der Waals surface area (Å²) in [6.45, 7) is 1.10. The van der Waals surface area contributed by atoms with E-state index in [4.69, 9.17) is 5.11 Å². The van der Waals surface area contributed by atoms with Crippen LogP contribution >= 0.6 is 0 Å². The number of rotatable bonds is 3. The molecule has 0 saturated carbocycles. The van der Waals surface area contributed by atoms with Gasteiger partial charge in [-0.2, -0.15) is 0 Å². The van der Waals surface area contributed by atoms with Gasteiger partial charge in [-0.15, -0.1) is 0 Å². The first-order valence-corrected chi connectivity index (χ1v) is 5.62. The first-order chi connectivity index (χ1) is 7.66. The zero-order valence-corrected chi connectivity index (χ0v) is 9.44. The molecule has 1 atom stereocenters. The highest BCUT2D eigenvalue weighted by Crippen LogP contribution is 2.28. The Morgan fingerprint density at radius 3 is 3.19 bits per heavy atom. The van der Waals surface area contributed by atoms with Gasteiger partial charge in [0.15, 0.2) is 0 Å².